The Labute approximate surface area is 119 Å². The van der Waals surface area contributed by atoms with Crippen molar-refractivity contribution in [3.8, 4) is 5.75 Å². The van der Waals surface area contributed by atoms with Gasteiger partial charge in [-0.3, -0.25) is 0 Å². The molecule has 0 fully saturated rings. The van der Waals surface area contributed by atoms with Crippen LogP contribution in [0.4, 0.5) is 0 Å². The summed E-state index contributed by atoms with van der Waals surface area (Å²) < 4.78 is 7.22. The Bertz CT molecular complexity index is 560. The highest BCUT2D eigenvalue weighted by Gasteiger charge is 2.41. The van der Waals surface area contributed by atoms with E-state index in [0.29, 0.717) is 0 Å². The predicted molar refractivity (Wildman–Crippen MR) is 83.6 cm³/mol. The molecule has 94 valence electrons. The van der Waals surface area contributed by atoms with E-state index in [4.69, 9.17) is 4.43 Å². The molecular weight excluding hydrogens is 304 g/mol. The third-order valence-corrected chi connectivity index (χ3v) is 6.25. The number of halogens is 1. The minimum Gasteiger partial charge on any atom is -0.353 e. The molecule has 0 spiro atoms. The molecule has 0 aromatic heterocycles. The van der Waals surface area contributed by atoms with Crippen LogP contribution in [0.15, 0.2) is 40.9 Å². The molecule has 0 saturated carbocycles. The van der Waals surface area contributed by atoms with E-state index < -0.39 is 9.04 Å². The van der Waals surface area contributed by atoms with Crippen molar-refractivity contribution in [1.82, 2.24) is 0 Å². The standard InChI is InChI=1S/C15H18BrOSi/c1-15(2,3)18(4)17-14-8-6-11-9-13(16)7-5-12(11)10-14/h5-10H,1-4H3/q+1. The van der Waals surface area contributed by atoms with Crippen molar-refractivity contribution in [2.75, 3.05) is 0 Å². The summed E-state index contributed by atoms with van der Waals surface area (Å²) in [6.07, 6.45) is 0. The van der Waals surface area contributed by atoms with E-state index in [9.17, 15) is 0 Å². The fourth-order valence-electron chi connectivity index (χ4n) is 1.59. The molecule has 2 aromatic carbocycles. The van der Waals surface area contributed by atoms with Gasteiger partial charge in [0.1, 0.15) is 5.04 Å². The van der Waals surface area contributed by atoms with Crippen molar-refractivity contribution in [3.63, 3.8) is 0 Å². The molecular formula is C15H18BrOSi+. The highest BCUT2D eigenvalue weighted by Crippen LogP contribution is 2.30. The second-order valence-corrected chi connectivity index (χ2v) is 9.29. The maximum absolute atomic E-state index is 6.11. The average Bonchev–Trinajstić information content (AvgIpc) is 2.28. The van der Waals surface area contributed by atoms with Crippen LogP contribution in [0.1, 0.15) is 20.8 Å². The van der Waals surface area contributed by atoms with Crippen molar-refractivity contribution >= 4 is 35.7 Å². The first-order valence-corrected chi connectivity index (χ1v) is 8.77. The van der Waals surface area contributed by atoms with Gasteiger partial charge in [-0.1, -0.05) is 28.1 Å². The van der Waals surface area contributed by atoms with Crippen LogP contribution in [0.25, 0.3) is 10.8 Å². The van der Waals surface area contributed by atoms with E-state index in [1.807, 2.05) is 0 Å². The molecule has 0 radical (unpaired) electrons. The highest BCUT2D eigenvalue weighted by atomic mass is 79.9. The molecule has 0 bridgehead atoms. The molecule has 0 heterocycles. The zero-order valence-electron chi connectivity index (χ0n) is 11.3. The fraction of sp³-hybridized carbons (Fsp3) is 0.333. The lowest BCUT2D eigenvalue weighted by atomic mass is 10.1. The highest BCUT2D eigenvalue weighted by molar-refractivity contribution is 9.10. The summed E-state index contributed by atoms with van der Waals surface area (Å²) in [7, 11) is -0.843. The lowest BCUT2D eigenvalue weighted by Crippen LogP contribution is -2.28. The Hall–Kier alpha value is -0.803. The maximum atomic E-state index is 6.11. The minimum absolute atomic E-state index is 0.249. The molecule has 2 aromatic rings. The zero-order valence-corrected chi connectivity index (χ0v) is 13.8. The SMILES string of the molecule is C[Si+](Oc1ccc2cc(Br)ccc2c1)C(C)(C)C. The van der Waals surface area contributed by atoms with Crippen molar-refractivity contribution in [2.24, 2.45) is 0 Å². The number of hydrogen-bond acceptors (Lipinski definition) is 1. The lowest BCUT2D eigenvalue weighted by Gasteiger charge is -2.12. The molecule has 0 aliphatic heterocycles. The second kappa shape index (κ2) is 5.06. The van der Waals surface area contributed by atoms with Crippen LogP contribution >= 0.6 is 15.9 Å². The molecule has 18 heavy (non-hydrogen) atoms. The number of fused-ring (bicyclic) bond motifs is 1. The lowest BCUT2D eigenvalue weighted by molar-refractivity contribution is 0.521. The molecule has 0 saturated heterocycles. The summed E-state index contributed by atoms with van der Waals surface area (Å²) in [6, 6.07) is 12.6. The summed E-state index contributed by atoms with van der Waals surface area (Å²) >= 11 is 3.49. The minimum atomic E-state index is -0.843. The summed E-state index contributed by atoms with van der Waals surface area (Å²) in [5.41, 5.74) is 0. The molecule has 0 aliphatic carbocycles. The Morgan fingerprint density at radius 3 is 2.28 bits per heavy atom. The van der Waals surface area contributed by atoms with E-state index in [-0.39, 0.29) is 5.04 Å². The first-order chi connectivity index (χ1) is 8.36. The van der Waals surface area contributed by atoms with Gasteiger partial charge in [-0.15, -0.1) is 0 Å². The van der Waals surface area contributed by atoms with Crippen LogP contribution in [0, 0.1) is 0 Å². The maximum Gasteiger partial charge on any atom is 0.544 e. The van der Waals surface area contributed by atoms with Gasteiger partial charge in [0.2, 0.25) is 0 Å². The van der Waals surface area contributed by atoms with Gasteiger partial charge < -0.3 is 4.43 Å². The molecule has 2 rings (SSSR count). The Morgan fingerprint density at radius 2 is 1.61 bits per heavy atom. The van der Waals surface area contributed by atoms with E-state index in [1.165, 1.54) is 10.8 Å². The van der Waals surface area contributed by atoms with Crippen molar-refractivity contribution < 1.29 is 4.43 Å². The van der Waals surface area contributed by atoms with Gasteiger partial charge in [0, 0.05) is 4.47 Å². The first kappa shape index (κ1) is 13.6. The largest absolute Gasteiger partial charge is 0.544 e. The van der Waals surface area contributed by atoms with E-state index in [0.717, 1.165) is 10.2 Å². The van der Waals surface area contributed by atoms with Crippen molar-refractivity contribution in [3.05, 3.63) is 40.9 Å². The molecule has 1 nitrogen and oxygen atoms in total. The summed E-state index contributed by atoms with van der Waals surface area (Å²) in [6.45, 7) is 8.93. The van der Waals surface area contributed by atoms with Crippen molar-refractivity contribution in [1.29, 1.82) is 0 Å². The average molecular weight is 322 g/mol. The molecule has 0 unspecified atom stereocenters. The van der Waals surface area contributed by atoms with E-state index in [1.54, 1.807) is 0 Å². The third-order valence-electron chi connectivity index (χ3n) is 3.10. The zero-order chi connectivity index (χ0) is 13.3. The Morgan fingerprint density at radius 1 is 1.00 bits per heavy atom. The molecule has 3 heteroatoms. The Kier molecular flexibility index (Phi) is 3.83. The normalized spacial score (nSPS) is 11.6. The topological polar surface area (TPSA) is 9.23 Å². The first-order valence-electron chi connectivity index (χ1n) is 6.07. The van der Waals surface area contributed by atoms with Gasteiger partial charge in [0.25, 0.3) is 0 Å². The van der Waals surface area contributed by atoms with Crippen LogP contribution in [0.2, 0.25) is 11.6 Å². The molecule has 0 aliphatic rings. The summed E-state index contributed by atoms with van der Waals surface area (Å²) in [4.78, 5) is 0. The summed E-state index contributed by atoms with van der Waals surface area (Å²) in [5, 5.41) is 2.70. The molecule has 0 amide bonds. The van der Waals surface area contributed by atoms with Gasteiger partial charge in [0.15, 0.2) is 5.75 Å². The van der Waals surface area contributed by atoms with Gasteiger partial charge in [-0.05, 0) is 55.8 Å². The number of benzene rings is 2. The van der Waals surface area contributed by atoms with Gasteiger partial charge in [-0.2, -0.15) is 0 Å². The quantitative estimate of drug-likeness (QED) is 0.672. The molecule has 0 N–H and O–H groups in total. The summed E-state index contributed by atoms with van der Waals surface area (Å²) in [5.74, 6) is 0.983. The third kappa shape index (κ3) is 3.15. The smallest absolute Gasteiger partial charge is 0.353 e. The van der Waals surface area contributed by atoms with Gasteiger partial charge >= 0.3 is 9.04 Å². The number of hydrogen-bond donors (Lipinski definition) is 0. The monoisotopic (exact) mass is 321 g/mol. The predicted octanol–water partition coefficient (Wildman–Crippen LogP) is 5.40. The number of rotatable bonds is 2. The van der Waals surface area contributed by atoms with Crippen molar-refractivity contribution in [2.45, 2.75) is 32.4 Å². The van der Waals surface area contributed by atoms with Crippen LogP contribution < -0.4 is 4.43 Å². The van der Waals surface area contributed by atoms with Crippen LogP contribution in [-0.2, 0) is 0 Å². The fourth-order valence-corrected chi connectivity index (χ4v) is 2.75. The second-order valence-electron chi connectivity index (χ2n) is 5.56. The van der Waals surface area contributed by atoms with Crippen LogP contribution in [0.5, 0.6) is 5.75 Å². The molecule has 0 atom stereocenters. The van der Waals surface area contributed by atoms with Gasteiger partial charge in [-0.25, -0.2) is 0 Å². The van der Waals surface area contributed by atoms with E-state index >= 15 is 0 Å². The van der Waals surface area contributed by atoms with E-state index in [2.05, 4.69) is 79.6 Å². The van der Waals surface area contributed by atoms with Crippen LogP contribution in [-0.4, -0.2) is 9.04 Å². The Balaban J connectivity index is 2.28. The van der Waals surface area contributed by atoms with Crippen LogP contribution in [0.3, 0.4) is 0 Å². The van der Waals surface area contributed by atoms with Gasteiger partial charge in [0.05, 0.1) is 6.55 Å².